The Labute approximate surface area is 123 Å². The van der Waals surface area contributed by atoms with Crippen molar-refractivity contribution in [2.75, 3.05) is 11.4 Å². The van der Waals surface area contributed by atoms with Gasteiger partial charge in [0.2, 0.25) is 5.13 Å². The summed E-state index contributed by atoms with van der Waals surface area (Å²) in [5.74, 6) is 2.76. The van der Waals surface area contributed by atoms with Gasteiger partial charge in [0.05, 0.1) is 12.3 Å². The summed E-state index contributed by atoms with van der Waals surface area (Å²) >= 11 is 1.56. The number of aromatic nitrogens is 2. The van der Waals surface area contributed by atoms with E-state index in [1.807, 2.05) is 6.07 Å². The standard InChI is InChI=1S/C15H19N3OS/c1-2-5-12(13-6-4-10-19-13)18(9-3-1)15-16-14(17-20-15)11-7-8-11/h4,6,10-12H,1-3,5,7-9H2. The van der Waals surface area contributed by atoms with Crippen LogP contribution >= 0.6 is 11.5 Å². The van der Waals surface area contributed by atoms with E-state index < -0.39 is 0 Å². The van der Waals surface area contributed by atoms with Gasteiger partial charge in [0.25, 0.3) is 0 Å². The summed E-state index contributed by atoms with van der Waals surface area (Å²) in [5, 5.41) is 1.08. The molecule has 4 nitrogen and oxygen atoms in total. The third-order valence-corrected chi connectivity index (χ3v) is 5.01. The van der Waals surface area contributed by atoms with Crippen LogP contribution in [-0.2, 0) is 0 Å². The van der Waals surface area contributed by atoms with Crippen LogP contribution < -0.4 is 4.90 Å². The highest BCUT2D eigenvalue weighted by Crippen LogP contribution is 2.41. The molecular formula is C15H19N3OS. The van der Waals surface area contributed by atoms with Crippen LogP contribution in [0.1, 0.15) is 62.1 Å². The van der Waals surface area contributed by atoms with Crippen molar-refractivity contribution in [2.24, 2.45) is 0 Å². The van der Waals surface area contributed by atoms with Gasteiger partial charge >= 0.3 is 0 Å². The number of nitrogens with zero attached hydrogens (tertiary/aromatic N) is 3. The van der Waals surface area contributed by atoms with E-state index in [4.69, 9.17) is 9.40 Å². The van der Waals surface area contributed by atoms with E-state index in [1.165, 1.54) is 32.1 Å². The van der Waals surface area contributed by atoms with Gasteiger partial charge in [0.15, 0.2) is 0 Å². The van der Waals surface area contributed by atoms with Crippen LogP contribution in [0.2, 0.25) is 0 Å². The van der Waals surface area contributed by atoms with Crippen molar-refractivity contribution in [1.29, 1.82) is 0 Å². The maximum absolute atomic E-state index is 5.66. The lowest BCUT2D eigenvalue weighted by atomic mass is 10.1. The molecule has 1 atom stereocenters. The molecule has 0 aromatic carbocycles. The molecule has 2 fully saturated rings. The Morgan fingerprint density at radius 1 is 1.20 bits per heavy atom. The van der Waals surface area contributed by atoms with Crippen LogP contribution in [-0.4, -0.2) is 15.9 Å². The first kappa shape index (κ1) is 12.4. The fourth-order valence-corrected chi connectivity index (χ4v) is 3.79. The highest BCUT2D eigenvalue weighted by atomic mass is 32.1. The fourth-order valence-electron chi connectivity index (χ4n) is 2.96. The van der Waals surface area contributed by atoms with Gasteiger partial charge in [-0.1, -0.05) is 12.8 Å². The molecule has 0 spiro atoms. The molecule has 2 aliphatic rings. The molecular weight excluding hydrogens is 270 g/mol. The first-order chi connectivity index (χ1) is 9.92. The van der Waals surface area contributed by atoms with E-state index in [9.17, 15) is 0 Å². The minimum absolute atomic E-state index is 0.326. The van der Waals surface area contributed by atoms with Crippen LogP contribution in [0.15, 0.2) is 22.8 Å². The van der Waals surface area contributed by atoms with Gasteiger partial charge in [-0.2, -0.15) is 4.37 Å². The van der Waals surface area contributed by atoms with Crippen molar-refractivity contribution < 1.29 is 4.42 Å². The zero-order chi connectivity index (χ0) is 13.4. The summed E-state index contributed by atoms with van der Waals surface area (Å²) in [6.07, 6.45) is 9.23. The second kappa shape index (κ2) is 5.20. The molecule has 0 bridgehead atoms. The number of rotatable bonds is 3. The number of hydrogen-bond acceptors (Lipinski definition) is 5. The third kappa shape index (κ3) is 2.35. The Balaban J connectivity index is 1.63. The Hall–Kier alpha value is -1.36. The molecule has 106 valence electrons. The number of hydrogen-bond donors (Lipinski definition) is 0. The second-order valence-electron chi connectivity index (χ2n) is 5.78. The second-order valence-corrected chi connectivity index (χ2v) is 6.51. The zero-order valence-corrected chi connectivity index (χ0v) is 12.3. The Bertz CT molecular complexity index is 561. The first-order valence-electron chi connectivity index (χ1n) is 7.55. The smallest absolute Gasteiger partial charge is 0.205 e. The van der Waals surface area contributed by atoms with Gasteiger partial charge < -0.3 is 9.32 Å². The van der Waals surface area contributed by atoms with Gasteiger partial charge in [0.1, 0.15) is 11.6 Å². The Kier molecular flexibility index (Phi) is 3.22. The van der Waals surface area contributed by atoms with Gasteiger partial charge in [-0.3, -0.25) is 0 Å². The summed E-state index contributed by atoms with van der Waals surface area (Å²) in [6.45, 7) is 1.06. The minimum atomic E-state index is 0.326. The maximum Gasteiger partial charge on any atom is 0.205 e. The molecule has 0 N–H and O–H groups in total. The van der Waals surface area contributed by atoms with Gasteiger partial charge in [-0.05, 0) is 37.8 Å². The fraction of sp³-hybridized carbons (Fsp3) is 0.600. The third-order valence-electron chi connectivity index (χ3n) is 4.24. The van der Waals surface area contributed by atoms with Crippen molar-refractivity contribution in [2.45, 2.75) is 50.5 Å². The SMILES string of the molecule is c1coc(C2CCCCCN2c2nc(C3CC3)ns2)c1. The summed E-state index contributed by atoms with van der Waals surface area (Å²) in [7, 11) is 0. The van der Waals surface area contributed by atoms with Gasteiger partial charge in [0, 0.05) is 24.0 Å². The molecule has 2 aromatic heterocycles. The molecule has 2 aromatic rings. The number of furan rings is 1. The highest BCUT2D eigenvalue weighted by molar-refractivity contribution is 7.09. The quantitative estimate of drug-likeness (QED) is 0.852. The largest absolute Gasteiger partial charge is 0.467 e. The normalized spacial score (nSPS) is 23.8. The molecule has 20 heavy (non-hydrogen) atoms. The maximum atomic E-state index is 5.66. The molecule has 4 rings (SSSR count). The van der Waals surface area contributed by atoms with Crippen LogP contribution in [0.25, 0.3) is 0 Å². The number of anilines is 1. The average Bonchev–Trinajstić information content (AvgIpc) is 3.05. The minimum Gasteiger partial charge on any atom is -0.467 e. The summed E-state index contributed by atoms with van der Waals surface area (Å²) in [6, 6.07) is 4.40. The average molecular weight is 289 g/mol. The lowest BCUT2D eigenvalue weighted by Gasteiger charge is -2.27. The van der Waals surface area contributed by atoms with Crippen LogP contribution in [0.3, 0.4) is 0 Å². The van der Waals surface area contributed by atoms with Crippen molar-refractivity contribution >= 4 is 16.7 Å². The van der Waals surface area contributed by atoms with E-state index in [2.05, 4.69) is 15.3 Å². The molecule has 1 aliphatic carbocycles. The van der Waals surface area contributed by atoms with Crippen molar-refractivity contribution in [1.82, 2.24) is 9.36 Å². The summed E-state index contributed by atoms with van der Waals surface area (Å²) in [5.41, 5.74) is 0. The van der Waals surface area contributed by atoms with E-state index in [0.29, 0.717) is 12.0 Å². The van der Waals surface area contributed by atoms with Crippen molar-refractivity contribution in [3.63, 3.8) is 0 Å². The van der Waals surface area contributed by atoms with Crippen LogP contribution in [0, 0.1) is 0 Å². The first-order valence-corrected chi connectivity index (χ1v) is 8.33. The monoisotopic (exact) mass is 289 g/mol. The van der Waals surface area contributed by atoms with E-state index >= 15 is 0 Å². The highest BCUT2D eigenvalue weighted by Gasteiger charge is 2.31. The Morgan fingerprint density at radius 3 is 2.95 bits per heavy atom. The molecule has 0 radical (unpaired) electrons. The van der Waals surface area contributed by atoms with E-state index in [0.717, 1.165) is 29.7 Å². The zero-order valence-electron chi connectivity index (χ0n) is 11.5. The van der Waals surface area contributed by atoms with Gasteiger partial charge in [-0.25, -0.2) is 4.98 Å². The van der Waals surface area contributed by atoms with Crippen molar-refractivity contribution in [3.8, 4) is 0 Å². The van der Waals surface area contributed by atoms with Gasteiger partial charge in [-0.15, -0.1) is 0 Å². The molecule has 1 aliphatic heterocycles. The lowest BCUT2D eigenvalue weighted by Crippen LogP contribution is -2.28. The molecule has 3 heterocycles. The topological polar surface area (TPSA) is 42.2 Å². The molecule has 1 saturated heterocycles. The van der Waals surface area contributed by atoms with Crippen molar-refractivity contribution in [3.05, 3.63) is 30.0 Å². The predicted molar refractivity (Wildman–Crippen MR) is 79.1 cm³/mol. The molecule has 1 unspecified atom stereocenters. The van der Waals surface area contributed by atoms with Crippen LogP contribution in [0.4, 0.5) is 5.13 Å². The summed E-state index contributed by atoms with van der Waals surface area (Å²) < 4.78 is 10.2. The molecule has 0 amide bonds. The van der Waals surface area contributed by atoms with Crippen LogP contribution in [0.5, 0.6) is 0 Å². The summed E-state index contributed by atoms with van der Waals surface area (Å²) in [4.78, 5) is 7.20. The lowest BCUT2D eigenvalue weighted by molar-refractivity contribution is 0.439. The molecule has 1 saturated carbocycles. The predicted octanol–water partition coefficient (Wildman–Crippen LogP) is 4.13. The van der Waals surface area contributed by atoms with E-state index in [1.54, 1.807) is 17.8 Å². The Morgan fingerprint density at radius 2 is 2.15 bits per heavy atom. The van der Waals surface area contributed by atoms with E-state index in [-0.39, 0.29) is 0 Å². The molecule has 5 heteroatoms.